The molecule has 5 unspecified atom stereocenters. The lowest BCUT2D eigenvalue weighted by Gasteiger charge is -2.62. The molecule has 0 radical (unpaired) electrons. The summed E-state index contributed by atoms with van der Waals surface area (Å²) in [5, 5.41) is 11.6. The Bertz CT molecular complexity index is 1030. The van der Waals surface area contributed by atoms with Gasteiger partial charge in [-0.15, -0.1) is 0 Å². The molecule has 4 saturated carbocycles. The van der Waals surface area contributed by atoms with Crippen LogP contribution in [0.5, 0.6) is 0 Å². The van der Waals surface area contributed by atoms with Crippen molar-refractivity contribution >= 4 is 23.7 Å². The Morgan fingerprint density at radius 3 is 2.48 bits per heavy atom. The predicted molar refractivity (Wildman–Crippen MR) is 153 cm³/mol. The quantitative estimate of drug-likeness (QED) is 0.256. The number of carbonyl (C=O) groups excluding carboxylic acids is 2. The molecule has 1 aromatic carbocycles. The zero-order valence-corrected chi connectivity index (χ0v) is 25.1. The van der Waals surface area contributed by atoms with Crippen molar-refractivity contribution in [3.8, 4) is 0 Å². The van der Waals surface area contributed by atoms with Crippen LogP contribution in [0.25, 0.3) is 0 Å². The van der Waals surface area contributed by atoms with E-state index < -0.39 is 6.16 Å². The Morgan fingerprint density at radius 2 is 1.73 bits per heavy atom. The number of fused-ring (bicyclic) bond motifs is 5. The Hall–Kier alpha value is -1.79. The second-order valence-electron chi connectivity index (χ2n) is 13.7. The van der Waals surface area contributed by atoms with Crippen molar-refractivity contribution in [2.45, 2.75) is 104 Å². The number of esters is 1. The molecule has 0 heterocycles. The van der Waals surface area contributed by atoms with E-state index in [1.165, 1.54) is 19.3 Å². The molecule has 0 aliphatic heterocycles. The molecule has 0 spiro atoms. The van der Waals surface area contributed by atoms with Crippen molar-refractivity contribution < 1.29 is 28.9 Å². The van der Waals surface area contributed by atoms with Gasteiger partial charge in [0.25, 0.3) is 0 Å². The molecule has 0 bridgehead atoms. The van der Waals surface area contributed by atoms with Crippen LogP contribution in [0.15, 0.2) is 30.3 Å². The summed E-state index contributed by atoms with van der Waals surface area (Å²) in [5.41, 5.74) is 1.38. The van der Waals surface area contributed by atoms with Crippen LogP contribution in [0.4, 0.5) is 4.79 Å². The van der Waals surface area contributed by atoms with E-state index in [1.807, 2.05) is 30.3 Å². The molecule has 4 fully saturated rings. The van der Waals surface area contributed by atoms with Crippen LogP contribution in [0.3, 0.4) is 0 Å². The molecule has 1 aromatic rings. The molecule has 0 aromatic heterocycles. The van der Waals surface area contributed by atoms with Gasteiger partial charge in [0.2, 0.25) is 0 Å². The fourth-order valence-corrected chi connectivity index (χ4v) is 9.93. The molecular formula is C33H47ClO6. The summed E-state index contributed by atoms with van der Waals surface area (Å²) in [7, 11) is 0. The first kappa shape index (κ1) is 29.7. The van der Waals surface area contributed by atoms with Gasteiger partial charge in [0.1, 0.15) is 12.7 Å². The minimum absolute atomic E-state index is 0.115. The molecular weight excluding hydrogens is 528 g/mol. The van der Waals surface area contributed by atoms with Crippen LogP contribution in [0.1, 0.15) is 90.5 Å². The molecule has 222 valence electrons. The minimum atomic E-state index is -0.693. The van der Waals surface area contributed by atoms with Gasteiger partial charge in [0.05, 0.1) is 6.10 Å². The number of benzene rings is 1. The van der Waals surface area contributed by atoms with E-state index in [-0.39, 0.29) is 35.1 Å². The monoisotopic (exact) mass is 574 g/mol. The highest BCUT2D eigenvalue weighted by Gasteiger charge is 2.63. The number of alkyl halides is 1. The minimum Gasteiger partial charge on any atom is -0.461 e. The van der Waals surface area contributed by atoms with Gasteiger partial charge in [-0.1, -0.05) is 62.7 Å². The molecule has 0 amide bonds. The van der Waals surface area contributed by atoms with E-state index in [2.05, 4.69) is 20.8 Å². The van der Waals surface area contributed by atoms with E-state index in [0.717, 1.165) is 44.1 Å². The first-order valence-corrected chi connectivity index (χ1v) is 16.0. The van der Waals surface area contributed by atoms with Gasteiger partial charge in [0.15, 0.2) is 6.07 Å². The van der Waals surface area contributed by atoms with E-state index in [0.29, 0.717) is 48.5 Å². The molecule has 0 saturated heterocycles. The summed E-state index contributed by atoms with van der Waals surface area (Å²) in [4.78, 5) is 24.4. The van der Waals surface area contributed by atoms with Gasteiger partial charge < -0.3 is 19.3 Å². The molecule has 6 nitrogen and oxygen atoms in total. The van der Waals surface area contributed by atoms with Crippen LogP contribution in [-0.4, -0.2) is 35.5 Å². The lowest BCUT2D eigenvalue weighted by Crippen LogP contribution is -2.58. The van der Waals surface area contributed by atoms with Crippen LogP contribution < -0.4 is 0 Å². The van der Waals surface area contributed by atoms with Crippen molar-refractivity contribution in [1.82, 2.24) is 0 Å². The summed E-state index contributed by atoms with van der Waals surface area (Å²) in [6.07, 6.45) is 8.23. The second-order valence-corrected chi connectivity index (χ2v) is 13.9. The number of rotatable bonds is 8. The zero-order chi connectivity index (χ0) is 28.5. The SMILES string of the molecule is C[C@H](CCC(=O)OCc1ccccc1)C1CCC2C3C(CC[C@@]21C)[C@@]1(C)CC[C@@H](OC(=O)OCCl)CC1C[C@@H]3O. The van der Waals surface area contributed by atoms with Gasteiger partial charge >= 0.3 is 12.1 Å². The number of carbonyl (C=O) groups is 2. The Labute approximate surface area is 244 Å². The third-order valence-corrected chi connectivity index (χ3v) is 12.0. The first-order valence-electron chi connectivity index (χ1n) is 15.4. The predicted octanol–water partition coefficient (Wildman–Crippen LogP) is 7.49. The fourth-order valence-electron chi connectivity index (χ4n) is 9.84. The van der Waals surface area contributed by atoms with Crippen molar-refractivity contribution in [2.24, 2.45) is 46.3 Å². The van der Waals surface area contributed by atoms with Crippen molar-refractivity contribution in [2.75, 3.05) is 6.07 Å². The lowest BCUT2D eigenvalue weighted by atomic mass is 9.43. The standard InChI is InChI=1S/C33H47ClO6/c1-21(9-12-29(36)38-19-22-7-5-4-6-8-22)25-10-11-26-30-27(14-16-33(25,26)3)32(2)15-13-24(40-31(37)39-20-34)17-23(32)18-28(30)35/h4-8,21,23-28,30,35H,9-20H2,1-3H3/t21-,23?,24-,25?,26?,27?,28+,30?,32+,33-/m1/s1. The molecule has 10 atom stereocenters. The molecule has 1 N–H and O–H groups in total. The Balaban J connectivity index is 1.19. The van der Waals surface area contributed by atoms with E-state index >= 15 is 0 Å². The summed E-state index contributed by atoms with van der Waals surface area (Å²) in [6, 6.07) is 9.64. The van der Waals surface area contributed by atoms with E-state index in [4.69, 9.17) is 25.8 Å². The summed E-state index contributed by atoms with van der Waals surface area (Å²) in [5.74, 6) is 2.58. The summed E-state index contributed by atoms with van der Waals surface area (Å²) in [6.45, 7) is 7.57. The average Bonchev–Trinajstić information content (AvgIpc) is 3.29. The fraction of sp³-hybridized carbons (Fsp3) is 0.758. The number of aliphatic hydroxyl groups excluding tert-OH is 1. The normalized spacial score (nSPS) is 39.3. The largest absolute Gasteiger partial charge is 0.509 e. The maximum Gasteiger partial charge on any atom is 0.509 e. The zero-order valence-electron chi connectivity index (χ0n) is 24.4. The van der Waals surface area contributed by atoms with Crippen molar-refractivity contribution in [1.29, 1.82) is 0 Å². The second kappa shape index (κ2) is 12.2. The van der Waals surface area contributed by atoms with E-state index in [9.17, 15) is 14.7 Å². The van der Waals surface area contributed by atoms with Crippen LogP contribution in [0.2, 0.25) is 0 Å². The Kier molecular flexibility index (Phi) is 9.06. The smallest absolute Gasteiger partial charge is 0.461 e. The molecule has 7 heteroatoms. The lowest BCUT2D eigenvalue weighted by molar-refractivity contribution is -0.175. The average molecular weight is 575 g/mol. The number of hydrogen-bond acceptors (Lipinski definition) is 6. The third kappa shape index (κ3) is 5.77. The maximum atomic E-state index is 12.5. The first-order chi connectivity index (χ1) is 19.2. The van der Waals surface area contributed by atoms with Crippen LogP contribution in [0, 0.1) is 46.3 Å². The highest BCUT2D eigenvalue weighted by Crippen LogP contribution is 2.68. The van der Waals surface area contributed by atoms with Gasteiger partial charge in [-0.25, -0.2) is 4.79 Å². The van der Waals surface area contributed by atoms with Gasteiger partial charge in [0, 0.05) is 6.42 Å². The number of hydrogen-bond donors (Lipinski definition) is 1. The Morgan fingerprint density at radius 1 is 1.00 bits per heavy atom. The highest BCUT2D eigenvalue weighted by molar-refractivity contribution is 6.17. The van der Waals surface area contributed by atoms with Gasteiger partial charge in [-0.2, -0.15) is 0 Å². The van der Waals surface area contributed by atoms with Crippen LogP contribution >= 0.6 is 11.6 Å². The molecule has 4 aliphatic rings. The van der Waals surface area contributed by atoms with E-state index in [1.54, 1.807) is 0 Å². The van der Waals surface area contributed by atoms with Gasteiger partial charge in [-0.3, -0.25) is 4.79 Å². The van der Waals surface area contributed by atoms with Crippen LogP contribution in [-0.2, 0) is 25.6 Å². The highest BCUT2D eigenvalue weighted by atomic mass is 35.5. The topological polar surface area (TPSA) is 82.1 Å². The number of aliphatic hydroxyl groups is 1. The molecule has 40 heavy (non-hydrogen) atoms. The summed E-state index contributed by atoms with van der Waals surface area (Å²) < 4.78 is 15.9. The third-order valence-electron chi connectivity index (χ3n) is 11.9. The molecule has 4 aliphatic carbocycles. The number of ether oxygens (including phenoxy) is 3. The van der Waals surface area contributed by atoms with Crippen molar-refractivity contribution in [3.05, 3.63) is 35.9 Å². The van der Waals surface area contributed by atoms with Crippen molar-refractivity contribution in [3.63, 3.8) is 0 Å². The summed E-state index contributed by atoms with van der Waals surface area (Å²) >= 11 is 5.52. The maximum absolute atomic E-state index is 12.5. The van der Waals surface area contributed by atoms with Gasteiger partial charge in [-0.05, 0) is 110 Å². The number of halogens is 1. The molecule has 5 rings (SSSR count).